The van der Waals surface area contributed by atoms with Crippen molar-refractivity contribution >= 4 is 35.8 Å². The van der Waals surface area contributed by atoms with E-state index in [2.05, 4.69) is 39.4 Å². The van der Waals surface area contributed by atoms with E-state index in [0.29, 0.717) is 5.82 Å². The minimum Gasteiger partial charge on any atom is -0.357 e. The molecule has 4 heterocycles. The van der Waals surface area contributed by atoms with Crippen LogP contribution in [0.2, 0.25) is 0 Å². The Morgan fingerprint density at radius 1 is 1.18 bits per heavy atom. The summed E-state index contributed by atoms with van der Waals surface area (Å²) in [5, 5.41) is 7.07. The van der Waals surface area contributed by atoms with E-state index >= 15 is 0 Å². The topological polar surface area (TPSA) is 59.0 Å². The lowest BCUT2D eigenvalue weighted by Crippen LogP contribution is -2.58. The summed E-state index contributed by atoms with van der Waals surface area (Å²) in [5.74, 6) is 1.09. The molecular weight excluding hydrogens is 532 g/mol. The fraction of sp³-hybridized carbons (Fsp3) is 0.750. The molecule has 2 N–H and O–H groups in total. The van der Waals surface area contributed by atoms with Gasteiger partial charge in [-0.1, -0.05) is 6.42 Å². The summed E-state index contributed by atoms with van der Waals surface area (Å²) in [6, 6.07) is 3.36. The number of hydrogen-bond donors (Lipinski definition) is 2. The lowest BCUT2D eigenvalue weighted by molar-refractivity contribution is 0.0208. The molecule has 0 aromatic carbocycles. The molecule has 3 saturated heterocycles. The van der Waals surface area contributed by atoms with Crippen LogP contribution in [0.5, 0.6) is 0 Å². The second-order valence-electron chi connectivity index (χ2n) is 9.66. The van der Waals surface area contributed by atoms with Crippen LogP contribution in [0.4, 0.5) is 10.2 Å². The normalized spacial score (nSPS) is 24.4. The van der Waals surface area contributed by atoms with Gasteiger partial charge in [-0.2, -0.15) is 0 Å². The van der Waals surface area contributed by atoms with Crippen molar-refractivity contribution in [2.75, 3.05) is 64.3 Å². The smallest absolute Gasteiger partial charge is 0.191 e. The van der Waals surface area contributed by atoms with Gasteiger partial charge in [0.1, 0.15) is 0 Å². The third-order valence-corrected chi connectivity index (χ3v) is 7.39. The molecule has 7 nitrogen and oxygen atoms in total. The number of anilines is 1. The monoisotopic (exact) mass is 573 g/mol. The highest BCUT2D eigenvalue weighted by Gasteiger charge is 2.39. The fourth-order valence-electron chi connectivity index (χ4n) is 5.40. The minimum absolute atomic E-state index is 0. The molecule has 1 aromatic rings. The van der Waals surface area contributed by atoms with E-state index in [1.165, 1.54) is 51.3 Å². The number of hydrogen-bond acceptors (Lipinski definition) is 5. The van der Waals surface area contributed by atoms with E-state index in [0.717, 1.165) is 51.6 Å². The zero-order chi connectivity index (χ0) is 22.4. The van der Waals surface area contributed by atoms with E-state index < -0.39 is 0 Å². The highest BCUT2D eigenvalue weighted by atomic mass is 127. The number of nitrogens with zero attached hydrogens (tertiary/aromatic N) is 5. The Hall–Kier alpha value is -1.20. The maximum atomic E-state index is 14.2. The molecule has 0 spiro atoms. The summed E-state index contributed by atoms with van der Waals surface area (Å²) in [7, 11) is 2.23. The first-order chi connectivity index (χ1) is 15.6. The quantitative estimate of drug-likeness (QED) is 0.310. The van der Waals surface area contributed by atoms with E-state index in [4.69, 9.17) is 4.99 Å². The van der Waals surface area contributed by atoms with Gasteiger partial charge in [0, 0.05) is 37.4 Å². The molecule has 0 aliphatic carbocycles. The highest BCUT2D eigenvalue weighted by molar-refractivity contribution is 14.0. The number of aliphatic imine (C=N–C) groups is 1. The molecule has 1 atom stereocenters. The third-order valence-electron chi connectivity index (χ3n) is 7.39. The van der Waals surface area contributed by atoms with Gasteiger partial charge in [-0.3, -0.25) is 9.89 Å². The maximum Gasteiger partial charge on any atom is 0.191 e. The van der Waals surface area contributed by atoms with Crippen LogP contribution in [0.3, 0.4) is 0 Å². The lowest BCUT2D eigenvalue weighted by Gasteiger charge is -2.49. The van der Waals surface area contributed by atoms with E-state index in [-0.39, 0.29) is 41.4 Å². The molecule has 3 fully saturated rings. The van der Waals surface area contributed by atoms with Crippen molar-refractivity contribution in [3.63, 3.8) is 0 Å². The molecule has 0 saturated carbocycles. The summed E-state index contributed by atoms with van der Waals surface area (Å²) in [6.07, 6.45) is 8.94. The van der Waals surface area contributed by atoms with Crippen molar-refractivity contribution in [1.29, 1.82) is 0 Å². The van der Waals surface area contributed by atoms with Crippen LogP contribution in [0.1, 0.15) is 45.4 Å². The number of piperidine rings is 2. The Morgan fingerprint density at radius 2 is 1.94 bits per heavy atom. The number of pyridine rings is 1. The van der Waals surface area contributed by atoms with Gasteiger partial charge in [0.05, 0.1) is 6.54 Å². The fourth-order valence-corrected chi connectivity index (χ4v) is 5.40. The summed E-state index contributed by atoms with van der Waals surface area (Å²) in [6.45, 7) is 10.0. The Labute approximate surface area is 215 Å². The zero-order valence-electron chi connectivity index (χ0n) is 20.2. The summed E-state index contributed by atoms with van der Waals surface area (Å²) in [5.41, 5.74) is 0.175. The SMILES string of the molecule is CCNC(=NCC1(N2CCCCC2)CCN(C)CC1)NC1CCN(c2ncccc2F)C1.I. The molecule has 33 heavy (non-hydrogen) atoms. The van der Waals surface area contributed by atoms with Crippen LogP contribution in [-0.2, 0) is 0 Å². The second-order valence-corrected chi connectivity index (χ2v) is 9.66. The molecule has 0 amide bonds. The molecule has 9 heteroatoms. The van der Waals surface area contributed by atoms with Gasteiger partial charge in [0.25, 0.3) is 0 Å². The zero-order valence-corrected chi connectivity index (χ0v) is 22.6. The van der Waals surface area contributed by atoms with Gasteiger partial charge in [0.2, 0.25) is 0 Å². The van der Waals surface area contributed by atoms with Gasteiger partial charge in [-0.25, -0.2) is 9.37 Å². The van der Waals surface area contributed by atoms with Crippen molar-refractivity contribution in [2.45, 2.75) is 57.0 Å². The number of aromatic nitrogens is 1. The Morgan fingerprint density at radius 3 is 2.64 bits per heavy atom. The highest BCUT2D eigenvalue weighted by Crippen LogP contribution is 2.31. The van der Waals surface area contributed by atoms with Crippen LogP contribution in [0, 0.1) is 5.82 Å². The van der Waals surface area contributed by atoms with Gasteiger partial charge in [0.15, 0.2) is 17.6 Å². The van der Waals surface area contributed by atoms with Crippen molar-refractivity contribution < 1.29 is 4.39 Å². The van der Waals surface area contributed by atoms with E-state index in [1.54, 1.807) is 12.3 Å². The van der Waals surface area contributed by atoms with Gasteiger partial charge in [-0.15, -0.1) is 24.0 Å². The predicted molar refractivity (Wildman–Crippen MR) is 144 cm³/mol. The lowest BCUT2D eigenvalue weighted by atomic mass is 9.84. The summed E-state index contributed by atoms with van der Waals surface area (Å²) < 4.78 is 14.2. The molecule has 1 aromatic heterocycles. The van der Waals surface area contributed by atoms with Crippen LogP contribution in [-0.4, -0.2) is 91.7 Å². The first-order valence-corrected chi connectivity index (χ1v) is 12.4. The maximum absolute atomic E-state index is 14.2. The van der Waals surface area contributed by atoms with Crippen molar-refractivity contribution in [1.82, 2.24) is 25.4 Å². The number of nitrogens with one attached hydrogen (secondary N) is 2. The first kappa shape index (κ1) is 26.4. The Balaban J connectivity index is 0.00000306. The van der Waals surface area contributed by atoms with Crippen molar-refractivity contribution in [3.8, 4) is 0 Å². The molecule has 3 aliphatic rings. The molecule has 0 radical (unpaired) electrons. The summed E-state index contributed by atoms with van der Waals surface area (Å²) in [4.78, 5) is 16.6. The Kier molecular flexibility index (Phi) is 9.99. The predicted octanol–water partition coefficient (Wildman–Crippen LogP) is 2.92. The molecular formula is C24H41FIN7. The second kappa shape index (κ2) is 12.5. The molecule has 0 bridgehead atoms. The van der Waals surface area contributed by atoms with Crippen molar-refractivity contribution in [2.24, 2.45) is 4.99 Å². The number of likely N-dealkylation sites (tertiary alicyclic amines) is 2. The minimum atomic E-state index is -0.250. The van der Waals surface area contributed by atoms with Crippen LogP contribution in [0.15, 0.2) is 23.3 Å². The molecule has 1 unspecified atom stereocenters. The molecule has 3 aliphatic heterocycles. The number of guanidine groups is 1. The third kappa shape index (κ3) is 6.69. The van der Waals surface area contributed by atoms with Crippen LogP contribution in [0.25, 0.3) is 0 Å². The summed E-state index contributed by atoms with van der Waals surface area (Å²) >= 11 is 0. The number of rotatable bonds is 6. The van der Waals surface area contributed by atoms with Crippen LogP contribution < -0.4 is 15.5 Å². The standard InChI is InChI=1S/C24H40FN7.HI/c1-3-26-23(29-20-9-15-31(18-20)22-21(25)8-7-12-27-22)28-19-24(10-16-30(2)17-11-24)32-13-5-4-6-14-32;/h7-8,12,20H,3-6,9-11,13-19H2,1-2H3,(H2,26,28,29);1H. The van der Waals surface area contributed by atoms with E-state index in [9.17, 15) is 4.39 Å². The van der Waals surface area contributed by atoms with Crippen LogP contribution >= 0.6 is 24.0 Å². The van der Waals surface area contributed by atoms with Gasteiger partial charge in [-0.05, 0) is 84.4 Å². The average molecular weight is 574 g/mol. The number of halogens is 2. The largest absolute Gasteiger partial charge is 0.357 e. The van der Waals surface area contributed by atoms with Gasteiger partial charge < -0.3 is 20.4 Å². The van der Waals surface area contributed by atoms with E-state index in [1.807, 2.05) is 4.90 Å². The molecule has 4 rings (SSSR count). The van der Waals surface area contributed by atoms with Crippen molar-refractivity contribution in [3.05, 3.63) is 24.1 Å². The molecule has 186 valence electrons. The Bertz CT molecular complexity index is 763. The first-order valence-electron chi connectivity index (χ1n) is 12.4. The van der Waals surface area contributed by atoms with Gasteiger partial charge >= 0.3 is 0 Å². The average Bonchev–Trinajstić information content (AvgIpc) is 3.28.